The molecule has 0 saturated heterocycles. The van der Waals surface area contributed by atoms with Gasteiger partial charge in [-0.1, -0.05) is 29.1 Å². The van der Waals surface area contributed by atoms with Crippen molar-refractivity contribution in [3.63, 3.8) is 0 Å². The van der Waals surface area contributed by atoms with Crippen molar-refractivity contribution >= 4 is 33.3 Å². The van der Waals surface area contributed by atoms with Gasteiger partial charge in [0.05, 0.1) is 30.0 Å². The monoisotopic (exact) mass is 468 g/mol. The Morgan fingerprint density at radius 1 is 1.19 bits per heavy atom. The van der Waals surface area contributed by atoms with Gasteiger partial charge < -0.3 is 9.26 Å². The quantitative estimate of drug-likeness (QED) is 0.292. The molecule has 0 N–H and O–H groups in total. The minimum Gasteiger partial charge on any atom is -0.383 e. The van der Waals surface area contributed by atoms with Crippen LogP contribution in [0.1, 0.15) is 11.5 Å². The van der Waals surface area contributed by atoms with E-state index in [0.717, 1.165) is 12.1 Å². The van der Waals surface area contributed by atoms with Gasteiger partial charge in [-0.15, -0.1) is 11.3 Å². The number of thioether (sulfide) groups is 1. The fourth-order valence-corrected chi connectivity index (χ4v) is 4.42. The Hall–Kier alpha value is -2.70. The highest BCUT2D eigenvalue weighted by atomic mass is 32.2. The van der Waals surface area contributed by atoms with Crippen molar-refractivity contribution in [1.82, 2.24) is 19.7 Å². The molecule has 1 aromatic carbocycles. The third-order valence-corrected chi connectivity index (χ3v) is 6.17. The Labute approximate surface area is 181 Å². The third kappa shape index (κ3) is 4.65. The first kappa shape index (κ1) is 21.5. The molecule has 4 rings (SSSR count). The number of hydrogen-bond acceptors (Lipinski definition) is 8. The lowest BCUT2D eigenvalue weighted by Crippen LogP contribution is -2.24. The largest absolute Gasteiger partial charge is 0.416 e. The maximum Gasteiger partial charge on any atom is 0.416 e. The number of thiophene rings is 1. The van der Waals surface area contributed by atoms with Gasteiger partial charge in [0.15, 0.2) is 5.16 Å². The number of nitrogens with zero attached hydrogens (tertiary/aromatic N) is 4. The average molecular weight is 468 g/mol. The molecular weight excluding hydrogens is 453 g/mol. The maximum absolute atomic E-state index is 12.7. The topological polar surface area (TPSA) is 83.0 Å². The van der Waals surface area contributed by atoms with E-state index in [4.69, 9.17) is 9.26 Å². The molecule has 0 aliphatic heterocycles. The number of aromatic nitrogens is 4. The van der Waals surface area contributed by atoms with E-state index in [1.54, 1.807) is 17.7 Å². The lowest BCUT2D eigenvalue weighted by Gasteiger charge is -2.10. The summed E-state index contributed by atoms with van der Waals surface area (Å²) < 4.78 is 50.6. The Balaban J connectivity index is 1.53. The van der Waals surface area contributed by atoms with Crippen molar-refractivity contribution in [2.45, 2.75) is 23.6 Å². The van der Waals surface area contributed by atoms with Gasteiger partial charge in [-0.05, 0) is 23.6 Å². The van der Waals surface area contributed by atoms with Gasteiger partial charge >= 0.3 is 6.18 Å². The first-order chi connectivity index (χ1) is 14.9. The summed E-state index contributed by atoms with van der Waals surface area (Å²) in [6.07, 6.45) is -4.41. The summed E-state index contributed by atoms with van der Waals surface area (Å²) in [5.74, 6) is 0.683. The highest BCUT2D eigenvalue weighted by molar-refractivity contribution is 7.98. The second-order valence-electron chi connectivity index (χ2n) is 6.35. The number of hydrogen-bond donors (Lipinski definition) is 0. The summed E-state index contributed by atoms with van der Waals surface area (Å²) >= 11 is 2.58. The van der Waals surface area contributed by atoms with Crippen molar-refractivity contribution in [3.8, 4) is 11.4 Å². The van der Waals surface area contributed by atoms with Crippen LogP contribution in [0.3, 0.4) is 0 Å². The molecule has 0 saturated carbocycles. The predicted octanol–water partition coefficient (Wildman–Crippen LogP) is 4.47. The molecule has 12 heteroatoms. The standard InChI is InChI=1S/C19H15F3N4O3S2/c1-28-8-7-26-17(27)15-13(6-9-30-15)23-18(26)31-10-14-24-16(25-29-14)11-2-4-12(5-3-11)19(20,21)22/h2-6,9H,7-8,10H2,1H3. The van der Waals surface area contributed by atoms with Gasteiger partial charge in [0.1, 0.15) is 4.70 Å². The molecule has 0 amide bonds. The molecule has 0 atom stereocenters. The van der Waals surface area contributed by atoms with Gasteiger partial charge in [-0.25, -0.2) is 4.98 Å². The van der Waals surface area contributed by atoms with Crippen LogP contribution in [0.25, 0.3) is 21.6 Å². The predicted molar refractivity (Wildman–Crippen MR) is 110 cm³/mol. The van der Waals surface area contributed by atoms with Gasteiger partial charge in [0, 0.05) is 12.7 Å². The van der Waals surface area contributed by atoms with Crippen molar-refractivity contribution in [2.75, 3.05) is 13.7 Å². The first-order valence-corrected chi connectivity index (χ1v) is 10.8. The fraction of sp³-hybridized carbons (Fsp3) is 0.263. The van der Waals surface area contributed by atoms with Crippen LogP contribution in [-0.2, 0) is 23.2 Å². The molecule has 0 radical (unpaired) electrons. The van der Waals surface area contributed by atoms with Crippen LogP contribution in [0, 0.1) is 0 Å². The normalized spacial score (nSPS) is 12.0. The van der Waals surface area contributed by atoms with Crippen LogP contribution in [0.15, 0.2) is 50.2 Å². The summed E-state index contributed by atoms with van der Waals surface area (Å²) in [6, 6.07) is 6.29. The second-order valence-corrected chi connectivity index (χ2v) is 8.21. The second kappa shape index (κ2) is 8.81. The summed E-state index contributed by atoms with van der Waals surface area (Å²) in [4.78, 5) is 21.5. The molecule has 0 fully saturated rings. The maximum atomic E-state index is 12.7. The molecule has 162 valence electrons. The van der Waals surface area contributed by atoms with Crippen LogP contribution in [0.4, 0.5) is 13.2 Å². The van der Waals surface area contributed by atoms with Gasteiger partial charge in [0.25, 0.3) is 5.56 Å². The molecule has 0 aliphatic rings. The zero-order valence-corrected chi connectivity index (χ0v) is 17.7. The lowest BCUT2D eigenvalue weighted by atomic mass is 10.1. The molecular formula is C19H15F3N4O3S2. The number of fused-ring (bicyclic) bond motifs is 1. The van der Waals surface area contributed by atoms with E-state index >= 15 is 0 Å². The number of benzene rings is 1. The fourth-order valence-electron chi connectivity index (χ4n) is 2.78. The van der Waals surface area contributed by atoms with E-state index in [1.165, 1.54) is 35.2 Å². The first-order valence-electron chi connectivity index (χ1n) is 8.97. The smallest absolute Gasteiger partial charge is 0.383 e. The van der Waals surface area contributed by atoms with E-state index in [0.29, 0.717) is 34.1 Å². The van der Waals surface area contributed by atoms with Gasteiger partial charge in [-0.3, -0.25) is 9.36 Å². The van der Waals surface area contributed by atoms with Crippen molar-refractivity contribution < 1.29 is 22.4 Å². The van der Waals surface area contributed by atoms with E-state index < -0.39 is 11.7 Å². The van der Waals surface area contributed by atoms with E-state index in [-0.39, 0.29) is 23.0 Å². The third-order valence-electron chi connectivity index (χ3n) is 4.31. The summed E-state index contributed by atoms with van der Waals surface area (Å²) in [5, 5.41) is 6.13. The number of rotatable bonds is 7. The van der Waals surface area contributed by atoms with Gasteiger partial charge in [0.2, 0.25) is 11.7 Å². The Kier molecular flexibility index (Phi) is 6.12. The van der Waals surface area contributed by atoms with E-state index in [2.05, 4.69) is 15.1 Å². The molecule has 4 aromatic rings. The average Bonchev–Trinajstić information content (AvgIpc) is 3.41. The summed E-state index contributed by atoms with van der Waals surface area (Å²) in [6.45, 7) is 0.698. The summed E-state index contributed by atoms with van der Waals surface area (Å²) in [7, 11) is 1.55. The lowest BCUT2D eigenvalue weighted by molar-refractivity contribution is -0.137. The molecule has 0 bridgehead atoms. The number of alkyl halides is 3. The Bertz CT molecular complexity index is 1250. The number of ether oxygens (including phenoxy) is 1. The Morgan fingerprint density at radius 3 is 2.68 bits per heavy atom. The highest BCUT2D eigenvalue weighted by Gasteiger charge is 2.30. The SMILES string of the molecule is COCCn1c(SCc2nc(-c3ccc(C(F)(F)F)cc3)no2)nc2ccsc2c1=O. The molecule has 3 aromatic heterocycles. The van der Waals surface area contributed by atoms with Crippen LogP contribution in [0.5, 0.6) is 0 Å². The highest BCUT2D eigenvalue weighted by Crippen LogP contribution is 2.31. The molecule has 0 spiro atoms. The number of methoxy groups -OCH3 is 1. The molecule has 31 heavy (non-hydrogen) atoms. The molecule has 7 nitrogen and oxygen atoms in total. The molecule has 0 aliphatic carbocycles. The van der Waals surface area contributed by atoms with Gasteiger partial charge in [-0.2, -0.15) is 18.2 Å². The molecule has 3 heterocycles. The Morgan fingerprint density at radius 2 is 1.97 bits per heavy atom. The van der Waals surface area contributed by atoms with Crippen LogP contribution >= 0.6 is 23.1 Å². The zero-order valence-electron chi connectivity index (χ0n) is 16.0. The minimum absolute atomic E-state index is 0.143. The van der Waals surface area contributed by atoms with Crippen LogP contribution < -0.4 is 5.56 Å². The van der Waals surface area contributed by atoms with Crippen LogP contribution in [-0.4, -0.2) is 33.4 Å². The molecule has 0 unspecified atom stereocenters. The van der Waals surface area contributed by atoms with Crippen molar-refractivity contribution in [2.24, 2.45) is 0 Å². The van der Waals surface area contributed by atoms with Crippen molar-refractivity contribution in [1.29, 1.82) is 0 Å². The van der Waals surface area contributed by atoms with E-state index in [9.17, 15) is 18.0 Å². The van der Waals surface area contributed by atoms with Crippen LogP contribution in [0.2, 0.25) is 0 Å². The minimum atomic E-state index is -4.41. The zero-order chi connectivity index (χ0) is 22.0. The van der Waals surface area contributed by atoms with Crippen molar-refractivity contribution in [3.05, 3.63) is 57.5 Å². The van der Waals surface area contributed by atoms with E-state index in [1.807, 2.05) is 5.38 Å². The summed E-state index contributed by atoms with van der Waals surface area (Å²) in [5.41, 5.74) is 0.125. The number of halogens is 3.